The Hall–Kier alpha value is -2.04. The van der Waals surface area contributed by atoms with E-state index in [-0.39, 0.29) is 19.3 Å². The SMILES string of the molecule is CCCCCCCCCCCCCCCCCC(=O)OCC(COP(=O)(O)OC1C(OC2OC(CO)C(O)C(O)C2O)C(O)C(O)C(O)C1OC1OC(COC(=O)CCCCCCCCCCCCCCCCC)C(O)C(O)C1O)OC(=O)CCCCCCCCCCCCCC. The van der Waals surface area contributed by atoms with Gasteiger partial charge in [-0.15, -0.1) is 0 Å². The highest BCUT2D eigenvalue weighted by molar-refractivity contribution is 7.47. The lowest BCUT2D eigenvalue weighted by atomic mass is 9.84. The molecule has 0 spiro atoms. The Morgan fingerprint density at radius 3 is 1.01 bits per heavy atom. The molecule has 18 atom stereocenters. The smallest absolute Gasteiger partial charge is 0.463 e. The highest BCUT2D eigenvalue weighted by Crippen LogP contribution is 2.49. The van der Waals surface area contributed by atoms with Crippen molar-refractivity contribution in [2.75, 3.05) is 26.4 Å². The van der Waals surface area contributed by atoms with Gasteiger partial charge in [0, 0.05) is 19.3 Å². The number of unbranched alkanes of at least 4 members (excludes halogenated alkanes) is 39. The maximum atomic E-state index is 14.3. The van der Waals surface area contributed by atoms with E-state index in [1.54, 1.807) is 0 Å². The molecule has 18 unspecified atom stereocenters. The predicted molar refractivity (Wildman–Crippen MR) is 365 cm³/mol. The van der Waals surface area contributed by atoms with Crippen molar-refractivity contribution in [2.45, 2.75) is 414 Å². The minimum Gasteiger partial charge on any atom is -0.463 e. The van der Waals surface area contributed by atoms with E-state index in [1.807, 2.05) is 0 Å². The summed E-state index contributed by atoms with van der Waals surface area (Å²) in [7, 11) is -5.69. The van der Waals surface area contributed by atoms with Gasteiger partial charge in [0.1, 0.15) is 98.7 Å². The molecule has 2 saturated heterocycles. The number of carbonyl (C=O) groups is 3. The molecule has 97 heavy (non-hydrogen) atoms. The van der Waals surface area contributed by atoms with Crippen molar-refractivity contribution in [1.29, 1.82) is 0 Å². The first-order chi connectivity index (χ1) is 46.8. The summed E-state index contributed by atoms with van der Waals surface area (Å²) in [5.74, 6) is -1.97. The van der Waals surface area contributed by atoms with Crippen LogP contribution < -0.4 is 0 Å². The van der Waals surface area contributed by atoms with Crippen molar-refractivity contribution >= 4 is 25.7 Å². The quantitative estimate of drug-likeness (QED) is 0.0117. The largest absolute Gasteiger partial charge is 0.472 e. The van der Waals surface area contributed by atoms with Gasteiger partial charge in [0.05, 0.1) is 13.2 Å². The van der Waals surface area contributed by atoms with Crippen LogP contribution in [0.5, 0.6) is 0 Å². The number of phosphoric acid groups is 1. The fraction of sp³-hybridized carbons (Fsp3) is 0.958. The van der Waals surface area contributed by atoms with Gasteiger partial charge < -0.3 is 89.1 Å². The molecule has 25 heteroatoms. The third-order valence-corrected chi connectivity index (χ3v) is 20.1. The minimum absolute atomic E-state index is 0.0336. The van der Waals surface area contributed by atoms with Crippen molar-refractivity contribution in [3.63, 3.8) is 0 Å². The summed E-state index contributed by atoms with van der Waals surface area (Å²) in [6.45, 7) is 3.47. The van der Waals surface area contributed by atoms with Gasteiger partial charge in [0.25, 0.3) is 0 Å². The molecule has 0 aromatic carbocycles. The zero-order valence-electron chi connectivity index (χ0n) is 59.6. The topological polar surface area (TPSA) is 374 Å². The van der Waals surface area contributed by atoms with E-state index in [2.05, 4.69) is 20.8 Å². The summed E-state index contributed by atoms with van der Waals surface area (Å²) < 4.78 is 65.0. The zero-order valence-corrected chi connectivity index (χ0v) is 60.5. The molecule has 572 valence electrons. The Morgan fingerprint density at radius 2 is 0.660 bits per heavy atom. The van der Waals surface area contributed by atoms with Crippen LogP contribution in [-0.2, 0) is 61.2 Å². The predicted octanol–water partition coefficient (Wildman–Crippen LogP) is 10.6. The van der Waals surface area contributed by atoms with E-state index in [0.717, 1.165) is 89.9 Å². The number of hydrogen-bond donors (Lipinski definition) is 11. The normalized spacial score (nSPS) is 27.7. The molecule has 3 aliphatic rings. The third kappa shape index (κ3) is 37.8. The van der Waals surface area contributed by atoms with Gasteiger partial charge in [-0.1, -0.05) is 271 Å². The van der Waals surface area contributed by atoms with Gasteiger partial charge >= 0.3 is 25.7 Å². The molecule has 0 amide bonds. The van der Waals surface area contributed by atoms with Crippen LogP contribution in [-0.4, -0.2) is 204 Å². The van der Waals surface area contributed by atoms with E-state index in [9.17, 15) is 74.9 Å². The van der Waals surface area contributed by atoms with Crippen LogP contribution >= 0.6 is 7.82 Å². The number of rotatable bonds is 60. The van der Waals surface area contributed by atoms with Gasteiger partial charge in [0.15, 0.2) is 18.7 Å². The average Bonchev–Trinajstić information content (AvgIpc) is 0.763. The maximum Gasteiger partial charge on any atom is 0.472 e. The Labute approximate surface area is 580 Å². The second kappa shape index (κ2) is 54.6. The first-order valence-electron chi connectivity index (χ1n) is 38.3. The van der Waals surface area contributed by atoms with Crippen molar-refractivity contribution < 1.29 is 117 Å². The lowest BCUT2D eigenvalue weighted by molar-refractivity contribution is -0.360. The molecule has 0 bridgehead atoms. The molecular formula is C72H135O24P. The van der Waals surface area contributed by atoms with E-state index < -0.39 is 156 Å². The molecule has 0 radical (unpaired) electrons. The molecular weight excluding hydrogens is 1280 g/mol. The van der Waals surface area contributed by atoms with Crippen molar-refractivity contribution in [3.8, 4) is 0 Å². The second-order valence-electron chi connectivity index (χ2n) is 27.7. The number of aliphatic hydroxyl groups excluding tert-OH is 10. The van der Waals surface area contributed by atoms with E-state index in [0.29, 0.717) is 19.3 Å². The fourth-order valence-electron chi connectivity index (χ4n) is 12.9. The highest BCUT2D eigenvalue weighted by Gasteiger charge is 2.58. The van der Waals surface area contributed by atoms with Crippen LogP contribution in [0.15, 0.2) is 0 Å². The number of hydrogen-bond acceptors (Lipinski definition) is 23. The Balaban J connectivity index is 1.72. The molecule has 1 saturated carbocycles. The van der Waals surface area contributed by atoms with Crippen LogP contribution in [0.4, 0.5) is 0 Å². The number of ether oxygens (including phenoxy) is 7. The van der Waals surface area contributed by atoms with Gasteiger partial charge in [0.2, 0.25) is 0 Å². The van der Waals surface area contributed by atoms with Crippen LogP contribution in [0.3, 0.4) is 0 Å². The molecule has 2 aliphatic heterocycles. The van der Waals surface area contributed by atoms with Crippen molar-refractivity contribution in [3.05, 3.63) is 0 Å². The summed E-state index contributed by atoms with van der Waals surface area (Å²) in [4.78, 5) is 51.0. The van der Waals surface area contributed by atoms with Gasteiger partial charge in [-0.05, 0) is 19.3 Å². The molecule has 1 aliphatic carbocycles. The average molecular weight is 1420 g/mol. The van der Waals surface area contributed by atoms with E-state index in [1.165, 1.54) is 161 Å². The highest BCUT2D eigenvalue weighted by atomic mass is 31.2. The van der Waals surface area contributed by atoms with E-state index in [4.69, 9.17) is 42.2 Å². The molecule has 2 heterocycles. The van der Waals surface area contributed by atoms with Gasteiger partial charge in [-0.3, -0.25) is 23.4 Å². The molecule has 3 fully saturated rings. The number of carbonyl (C=O) groups excluding carboxylic acids is 3. The molecule has 3 rings (SSSR count). The molecule has 0 aromatic rings. The lowest BCUT2D eigenvalue weighted by Gasteiger charge is -2.49. The lowest BCUT2D eigenvalue weighted by Crippen LogP contribution is -2.69. The first-order valence-corrected chi connectivity index (χ1v) is 39.8. The summed E-state index contributed by atoms with van der Waals surface area (Å²) in [5.41, 5.74) is 0. The van der Waals surface area contributed by atoms with E-state index >= 15 is 0 Å². The van der Waals surface area contributed by atoms with Crippen LogP contribution in [0, 0.1) is 0 Å². The zero-order chi connectivity index (χ0) is 71.1. The van der Waals surface area contributed by atoms with Gasteiger partial charge in [-0.25, -0.2) is 4.57 Å². The summed E-state index contributed by atoms with van der Waals surface area (Å²) >= 11 is 0. The summed E-state index contributed by atoms with van der Waals surface area (Å²) in [6.07, 6.45) is 11.7. The Morgan fingerprint density at radius 1 is 0.361 bits per heavy atom. The van der Waals surface area contributed by atoms with Crippen LogP contribution in [0.2, 0.25) is 0 Å². The monoisotopic (exact) mass is 1410 g/mol. The minimum atomic E-state index is -5.69. The summed E-state index contributed by atoms with van der Waals surface area (Å²) in [5, 5.41) is 110. The Kier molecular flexibility index (Phi) is 50.2. The molecule has 24 nitrogen and oxygen atoms in total. The van der Waals surface area contributed by atoms with Gasteiger partial charge in [-0.2, -0.15) is 0 Å². The summed E-state index contributed by atoms with van der Waals surface area (Å²) in [6, 6.07) is 0. The number of phosphoric ester groups is 1. The number of aliphatic hydroxyl groups is 10. The van der Waals surface area contributed by atoms with Crippen LogP contribution in [0.1, 0.15) is 310 Å². The fourth-order valence-corrected chi connectivity index (χ4v) is 13.8. The Bertz CT molecular complexity index is 2010. The molecule has 0 aromatic heterocycles. The maximum absolute atomic E-state index is 14.3. The molecule has 11 N–H and O–H groups in total. The first kappa shape index (κ1) is 89.2. The van der Waals surface area contributed by atoms with Crippen molar-refractivity contribution in [2.24, 2.45) is 0 Å². The third-order valence-electron chi connectivity index (χ3n) is 19.1. The van der Waals surface area contributed by atoms with Crippen molar-refractivity contribution in [1.82, 2.24) is 0 Å². The number of esters is 3. The van der Waals surface area contributed by atoms with Crippen LogP contribution in [0.25, 0.3) is 0 Å². The second-order valence-corrected chi connectivity index (χ2v) is 29.1. The standard InChI is InChI=1S/C72H135O24P/c1-4-7-10-13-16-19-22-25-27-29-32-34-37-40-43-46-56(74)88-50-53(91-58(76)48-45-42-39-36-31-24-21-18-15-12-9-6-3)51-90-97(86,87)96-70-68(94-71-66(84)61(79)59(77)54(49-73)92-71)64(82)63(81)65(83)69(70)95-72-67(85)62(80)60(78)55(93-72)52-89-57(75)47-44-41-38-35-33-30-28-26-23-20-17-14-11-8-5-2/h53-55,59-73,77-85H,4-52H2,1-3H3,(H,86,87).